The van der Waals surface area contributed by atoms with Crippen LogP contribution in [0.2, 0.25) is 0 Å². The maximum Gasteiger partial charge on any atom is 0.148 e. The molecule has 0 aromatic carbocycles. The Kier molecular flexibility index (Phi) is 5.03. The maximum absolute atomic E-state index is 11.4. The number of sulfone groups is 1. The fourth-order valence-corrected chi connectivity index (χ4v) is 4.90. The van der Waals surface area contributed by atoms with Crippen molar-refractivity contribution in [1.82, 2.24) is 5.32 Å². The van der Waals surface area contributed by atoms with Gasteiger partial charge in [-0.3, -0.25) is 0 Å². The van der Waals surface area contributed by atoms with Crippen LogP contribution in [-0.2, 0) is 9.84 Å². The van der Waals surface area contributed by atoms with Crippen LogP contribution in [0.3, 0.4) is 0 Å². The Morgan fingerprint density at radius 2 is 2.11 bits per heavy atom. The van der Waals surface area contributed by atoms with E-state index in [1.807, 2.05) is 6.92 Å². The van der Waals surface area contributed by atoms with E-state index in [4.69, 9.17) is 0 Å². The van der Waals surface area contributed by atoms with E-state index in [-0.39, 0.29) is 11.8 Å². The Balaban J connectivity index is 2.05. The lowest BCUT2D eigenvalue weighted by molar-refractivity contribution is 0.349. The van der Waals surface area contributed by atoms with Crippen molar-refractivity contribution in [2.24, 2.45) is 5.92 Å². The van der Waals surface area contributed by atoms with Gasteiger partial charge in [-0.25, -0.2) is 8.42 Å². The number of thiophene rings is 1. The molecular weight excluding hydrogens is 278 g/mol. The van der Waals surface area contributed by atoms with Gasteiger partial charge < -0.3 is 5.32 Å². The van der Waals surface area contributed by atoms with E-state index in [1.54, 1.807) is 11.3 Å². The topological polar surface area (TPSA) is 46.2 Å². The molecule has 1 heterocycles. The minimum Gasteiger partial charge on any atom is -0.305 e. The zero-order chi connectivity index (χ0) is 13.9. The molecule has 2 atom stereocenters. The summed E-state index contributed by atoms with van der Waals surface area (Å²) in [6.45, 7) is 1.97. The molecule has 0 bridgehead atoms. The molecule has 5 heteroatoms. The predicted octanol–water partition coefficient (Wildman–Crippen LogP) is 3.00. The Bertz CT molecular complexity index is 476. The summed E-state index contributed by atoms with van der Waals surface area (Å²) in [4.78, 5) is 1.34. The molecular formula is C14H23NO2S2. The minimum atomic E-state index is -2.92. The fraction of sp³-hybridized carbons (Fsp3) is 0.714. The molecule has 108 valence electrons. The van der Waals surface area contributed by atoms with Gasteiger partial charge >= 0.3 is 0 Å². The van der Waals surface area contributed by atoms with Gasteiger partial charge in [-0.2, -0.15) is 0 Å². The van der Waals surface area contributed by atoms with E-state index in [1.165, 1.54) is 36.8 Å². The number of hydrogen-bond acceptors (Lipinski definition) is 4. The van der Waals surface area contributed by atoms with Gasteiger partial charge in [0.15, 0.2) is 0 Å². The van der Waals surface area contributed by atoms with Gasteiger partial charge in [0, 0.05) is 23.2 Å². The molecule has 1 aromatic heterocycles. The van der Waals surface area contributed by atoms with Crippen LogP contribution in [0.5, 0.6) is 0 Å². The third kappa shape index (κ3) is 4.58. The van der Waals surface area contributed by atoms with Gasteiger partial charge in [0.2, 0.25) is 0 Å². The van der Waals surface area contributed by atoms with E-state index in [0.29, 0.717) is 12.0 Å². The van der Waals surface area contributed by atoms with Crippen LogP contribution >= 0.6 is 11.3 Å². The van der Waals surface area contributed by atoms with Crippen LogP contribution in [0.15, 0.2) is 17.5 Å². The first-order valence-electron chi connectivity index (χ1n) is 6.93. The SMILES string of the molecule is CC(CS(C)(=O)=O)NC(c1cccs1)C1CCCC1. The molecule has 1 aliphatic carbocycles. The second-order valence-electron chi connectivity index (χ2n) is 5.70. The van der Waals surface area contributed by atoms with Gasteiger partial charge in [-0.15, -0.1) is 11.3 Å². The Morgan fingerprint density at radius 3 is 2.63 bits per heavy atom. The highest BCUT2D eigenvalue weighted by Gasteiger charge is 2.28. The van der Waals surface area contributed by atoms with Crippen molar-refractivity contribution < 1.29 is 8.42 Å². The summed E-state index contributed by atoms with van der Waals surface area (Å²) in [7, 11) is -2.92. The van der Waals surface area contributed by atoms with Crippen molar-refractivity contribution in [3.8, 4) is 0 Å². The predicted molar refractivity (Wildman–Crippen MR) is 81.3 cm³/mol. The zero-order valence-corrected chi connectivity index (χ0v) is 13.3. The van der Waals surface area contributed by atoms with E-state index < -0.39 is 9.84 Å². The first kappa shape index (κ1) is 15.0. The van der Waals surface area contributed by atoms with E-state index in [2.05, 4.69) is 22.8 Å². The summed E-state index contributed by atoms with van der Waals surface area (Å²) in [5.74, 6) is 0.863. The minimum absolute atomic E-state index is 0.00250. The number of rotatable bonds is 6. The highest BCUT2D eigenvalue weighted by molar-refractivity contribution is 7.90. The number of hydrogen-bond donors (Lipinski definition) is 1. The summed E-state index contributed by atoms with van der Waals surface area (Å²) >= 11 is 1.77. The molecule has 0 saturated heterocycles. The molecule has 2 rings (SSSR count). The molecule has 0 aliphatic heterocycles. The summed E-state index contributed by atoms with van der Waals surface area (Å²) in [6, 6.07) is 4.56. The zero-order valence-electron chi connectivity index (χ0n) is 11.6. The smallest absolute Gasteiger partial charge is 0.148 e. The Hall–Kier alpha value is -0.390. The van der Waals surface area contributed by atoms with Crippen LogP contribution in [0.4, 0.5) is 0 Å². The van der Waals surface area contributed by atoms with Crippen molar-refractivity contribution in [2.75, 3.05) is 12.0 Å². The van der Waals surface area contributed by atoms with E-state index in [0.717, 1.165) is 0 Å². The quantitative estimate of drug-likeness (QED) is 0.878. The summed E-state index contributed by atoms with van der Waals surface area (Å²) < 4.78 is 22.8. The maximum atomic E-state index is 11.4. The second-order valence-corrected chi connectivity index (χ2v) is 8.86. The summed E-state index contributed by atoms with van der Waals surface area (Å²) in [5, 5.41) is 5.65. The highest BCUT2D eigenvalue weighted by atomic mass is 32.2. The Labute approximate surface area is 120 Å². The van der Waals surface area contributed by atoms with Crippen molar-refractivity contribution in [1.29, 1.82) is 0 Å². The molecule has 2 unspecified atom stereocenters. The van der Waals surface area contributed by atoms with E-state index >= 15 is 0 Å². The molecule has 1 N–H and O–H groups in total. The lowest BCUT2D eigenvalue weighted by atomic mass is 9.96. The van der Waals surface area contributed by atoms with Crippen LogP contribution in [0.25, 0.3) is 0 Å². The molecule has 0 spiro atoms. The van der Waals surface area contributed by atoms with Crippen molar-refractivity contribution in [3.63, 3.8) is 0 Å². The molecule has 0 amide bonds. The highest BCUT2D eigenvalue weighted by Crippen LogP contribution is 2.37. The standard InChI is InChI=1S/C14H23NO2S2/c1-11(10-19(2,16)17)15-14(12-6-3-4-7-12)13-8-5-9-18-13/h5,8-9,11-12,14-15H,3-4,6-7,10H2,1-2H3. The monoisotopic (exact) mass is 301 g/mol. The van der Waals surface area contributed by atoms with Gasteiger partial charge in [0.05, 0.1) is 5.75 Å². The van der Waals surface area contributed by atoms with Gasteiger partial charge in [0.1, 0.15) is 9.84 Å². The van der Waals surface area contributed by atoms with Gasteiger partial charge in [-0.1, -0.05) is 18.9 Å². The third-order valence-corrected chi connectivity index (χ3v) is 5.80. The van der Waals surface area contributed by atoms with Crippen molar-refractivity contribution in [3.05, 3.63) is 22.4 Å². The van der Waals surface area contributed by atoms with Crippen molar-refractivity contribution >= 4 is 21.2 Å². The van der Waals surface area contributed by atoms with E-state index in [9.17, 15) is 8.42 Å². The van der Waals surface area contributed by atoms with Crippen LogP contribution in [0, 0.1) is 5.92 Å². The number of nitrogens with one attached hydrogen (secondary N) is 1. The summed E-state index contributed by atoms with van der Waals surface area (Å²) in [6.07, 6.45) is 6.41. The molecule has 1 aliphatic rings. The van der Waals surface area contributed by atoms with Crippen molar-refractivity contribution in [2.45, 2.75) is 44.7 Å². The molecule has 1 fully saturated rings. The lowest BCUT2D eigenvalue weighted by Crippen LogP contribution is -2.38. The molecule has 0 radical (unpaired) electrons. The molecule has 1 saturated carbocycles. The first-order chi connectivity index (χ1) is 8.96. The molecule has 19 heavy (non-hydrogen) atoms. The van der Waals surface area contributed by atoms with Gasteiger partial charge in [0.25, 0.3) is 0 Å². The Morgan fingerprint density at radius 1 is 1.42 bits per heavy atom. The van der Waals surface area contributed by atoms with Crippen LogP contribution in [-0.4, -0.2) is 26.5 Å². The van der Waals surface area contributed by atoms with Crippen LogP contribution in [0.1, 0.15) is 43.5 Å². The lowest BCUT2D eigenvalue weighted by Gasteiger charge is -2.27. The average molecular weight is 301 g/mol. The fourth-order valence-electron chi connectivity index (χ4n) is 3.02. The van der Waals surface area contributed by atoms with Gasteiger partial charge in [-0.05, 0) is 37.1 Å². The van der Waals surface area contributed by atoms with Crippen LogP contribution < -0.4 is 5.32 Å². The largest absolute Gasteiger partial charge is 0.305 e. The average Bonchev–Trinajstić information content (AvgIpc) is 2.97. The summed E-state index contributed by atoms with van der Waals surface area (Å²) in [5.41, 5.74) is 0. The molecule has 3 nitrogen and oxygen atoms in total. The normalized spacial score (nSPS) is 20.5. The second kappa shape index (κ2) is 6.37. The molecule has 1 aromatic rings. The third-order valence-electron chi connectivity index (χ3n) is 3.74. The first-order valence-corrected chi connectivity index (χ1v) is 9.87.